The van der Waals surface area contributed by atoms with Crippen LogP contribution < -0.4 is 5.32 Å². The molecule has 0 amide bonds. The zero-order chi connectivity index (χ0) is 25.6. The Labute approximate surface area is 211 Å². The third-order valence-corrected chi connectivity index (χ3v) is 7.71. The number of carbonyl (C=O) groups excluding carboxylic acids is 1. The zero-order valence-electron chi connectivity index (χ0n) is 20.8. The number of nitrogens with zero attached hydrogens (tertiary/aromatic N) is 1. The molecule has 1 aromatic heterocycles. The molecule has 0 radical (unpaired) electrons. The van der Waals surface area contributed by atoms with Gasteiger partial charge in [-0.15, -0.1) is 0 Å². The first-order valence-corrected chi connectivity index (χ1v) is 12.7. The van der Waals surface area contributed by atoms with Crippen molar-refractivity contribution in [2.75, 3.05) is 26.4 Å². The third kappa shape index (κ3) is 6.35. The molecular formula is C28H35FN2O5. The maximum absolute atomic E-state index is 13.6. The number of aliphatic carboxylic acids is 1. The van der Waals surface area contributed by atoms with Gasteiger partial charge >= 0.3 is 5.97 Å². The first-order valence-electron chi connectivity index (χ1n) is 12.7. The highest BCUT2D eigenvalue weighted by Gasteiger charge is 2.48. The quantitative estimate of drug-likeness (QED) is 0.587. The molecule has 2 aromatic rings. The number of pyridine rings is 1. The number of carboxylic acid groups (broad SMARTS) is 1. The second-order valence-corrected chi connectivity index (χ2v) is 10.2. The topological polar surface area (TPSA) is 97.8 Å². The van der Waals surface area contributed by atoms with E-state index < -0.39 is 11.8 Å². The van der Waals surface area contributed by atoms with Crippen LogP contribution in [-0.2, 0) is 37.3 Å². The van der Waals surface area contributed by atoms with Crippen LogP contribution in [0, 0.1) is 5.82 Å². The van der Waals surface area contributed by atoms with Crippen molar-refractivity contribution in [1.82, 2.24) is 10.3 Å². The maximum Gasteiger partial charge on any atom is 0.371 e. The van der Waals surface area contributed by atoms with Gasteiger partial charge in [-0.2, -0.15) is 0 Å². The fourth-order valence-electron chi connectivity index (χ4n) is 5.75. The minimum absolute atomic E-state index is 0.0816. The van der Waals surface area contributed by atoms with Crippen molar-refractivity contribution in [3.05, 3.63) is 65.2 Å². The maximum atomic E-state index is 13.6. The number of ether oxygens (including phenoxy) is 2. The van der Waals surface area contributed by atoms with Crippen LogP contribution in [0.15, 0.2) is 42.6 Å². The van der Waals surface area contributed by atoms with Crippen molar-refractivity contribution in [2.24, 2.45) is 0 Å². The number of hydrogen-bond acceptors (Lipinski definition) is 6. The lowest BCUT2D eigenvalue weighted by molar-refractivity contribution is -0.154. The third-order valence-electron chi connectivity index (χ3n) is 7.71. The lowest BCUT2D eigenvalue weighted by Gasteiger charge is -2.49. The Balaban J connectivity index is 0.000000455. The van der Waals surface area contributed by atoms with Gasteiger partial charge < -0.3 is 19.9 Å². The molecule has 36 heavy (non-hydrogen) atoms. The van der Waals surface area contributed by atoms with Gasteiger partial charge in [0, 0.05) is 43.9 Å². The van der Waals surface area contributed by atoms with Crippen LogP contribution >= 0.6 is 0 Å². The van der Waals surface area contributed by atoms with Gasteiger partial charge in [0.1, 0.15) is 5.82 Å². The van der Waals surface area contributed by atoms with E-state index in [4.69, 9.17) is 14.6 Å². The predicted molar refractivity (Wildman–Crippen MR) is 132 cm³/mol. The molecule has 1 atom stereocenters. The van der Waals surface area contributed by atoms with Gasteiger partial charge in [0.15, 0.2) is 0 Å². The SMILES string of the molecule is CC(=O)C(=O)O.Fc1ccc([C@]2(CCNC3Cc4ccccc4C3)CCOC3(CCOCC3)C2)nc1. The smallest absolute Gasteiger partial charge is 0.371 e. The Hall–Kier alpha value is -2.68. The number of fused-ring (bicyclic) bond motifs is 1. The van der Waals surface area contributed by atoms with Crippen molar-refractivity contribution in [3.8, 4) is 0 Å². The van der Waals surface area contributed by atoms with Crippen molar-refractivity contribution >= 4 is 11.8 Å². The van der Waals surface area contributed by atoms with Gasteiger partial charge in [-0.25, -0.2) is 9.18 Å². The van der Waals surface area contributed by atoms with Gasteiger partial charge in [0.2, 0.25) is 5.78 Å². The van der Waals surface area contributed by atoms with E-state index in [0.29, 0.717) is 6.04 Å². The van der Waals surface area contributed by atoms with Gasteiger partial charge in [0.25, 0.3) is 0 Å². The first-order chi connectivity index (χ1) is 17.3. The summed E-state index contributed by atoms with van der Waals surface area (Å²) in [4.78, 5) is 23.4. The molecule has 0 saturated carbocycles. The summed E-state index contributed by atoms with van der Waals surface area (Å²) < 4.78 is 25.5. The summed E-state index contributed by atoms with van der Waals surface area (Å²) in [6.45, 7) is 4.18. The second-order valence-electron chi connectivity index (χ2n) is 10.2. The summed E-state index contributed by atoms with van der Waals surface area (Å²) in [7, 11) is 0. The summed E-state index contributed by atoms with van der Waals surface area (Å²) >= 11 is 0. The normalized spacial score (nSPS) is 22.9. The molecule has 0 bridgehead atoms. The van der Waals surface area contributed by atoms with Gasteiger partial charge in [-0.1, -0.05) is 24.3 Å². The number of rotatable bonds is 6. The highest BCUT2D eigenvalue weighted by molar-refractivity contribution is 6.31. The molecule has 1 aliphatic carbocycles. The van der Waals surface area contributed by atoms with Crippen LogP contribution in [0.4, 0.5) is 4.39 Å². The summed E-state index contributed by atoms with van der Waals surface area (Å²) in [5.74, 6) is -2.48. The van der Waals surface area contributed by atoms with Crippen molar-refractivity contribution < 1.29 is 28.6 Å². The van der Waals surface area contributed by atoms with E-state index in [2.05, 4.69) is 34.6 Å². The van der Waals surface area contributed by atoms with Crippen molar-refractivity contribution in [2.45, 2.75) is 68.9 Å². The minimum Gasteiger partial charge on any atom is -0.476 e. The number of halogens is 1. The highest BCUT2D eigenvalue weighted by atomic mass is 19.1. The highest BCUT2D eigenvalue weighted by Crippen LogP contribution is 2.47. The standard InChI is InChI=1S/C25H31FN2O2.C3H4O3/c26-21-5-6-23(28-17-21)24(8-14-30-25(18-24)9-12-29-13-10-25)7-11-27-22-15-19-3-1-2-4-20(19)16-22;1-2(4)3(5)6/h1-6,17,22,27H,7-16,18H2;1H3,(H,5,6)/t24-;/m1./s1. The molecule has 7 nitrogen and oxygen atoms in total. The molecule has 1 spiro atoms. The van der Waals surface area contributed by atoms with E-state index in [-0.39, 0.29) is 16.8 Å². The average Bonchev–Trinajstić information content (AvgIpc) is 3.28. The summed E-state index contributed by atoms with van der Waals surface area (Å²) in [5, 5.41) is 11.4. The van der Waals surface area contributed by atoms with Crippen LogP contribution in [0.25, 0.3) is 0 Å². The van der Waals surface area contributed by atoms with Crippen LogP contribution in [-0.4, -0.2) is 59.9 Å². The Morgan fingerprint density at radius 3 is 2.33 bits per heavy atom. The molecule has 3 aliphatic rings. The molecule has 3 heterocycles. The summed E-state index contributed by atoms with van der Waals surface area (Å²) in [6, 6.07) is 12.7. The fraction of sp³-hybridized carbons (Fsp3) is 0.536. The Kier molecular flexibility index (Phi) is 8.49. The van der Waals surface area contributed by atoms with Gasteiger partial charge in [0.05, 0.1) is 11.8 Å². The molecule has 0 unspecified atom stereocenters. The van der Waals surface area contributed by atoms with Crippen LogP contribution in [0.5, 0.6) is 0 Å². The molecule has 2 N–H and O–H groups in total. The summed E-state index contributed by atoms with van der Waals surface area (Å²) in [5.41, 5.74) is 3.74. The molecule has 8 heteroatoms. The molecule has 2 fully saturated rings. The predicted octanol–water partition coefficient (Wildman–Crippen LogP) is 3.63. The number of Topliss-reactive ketones (excluding diaryl/α,β-unsaturated/α-hetero) is 1. The second kappa shape index (κ2) is 11.6. The fourth-order valence-corrected chi connectivity index (χ4v) is 5.75. The molecule has 2 saturated heterocycles. The largest absolute Gasteiger partial charge is 0.476 e. The van der Waals surface area contributed by atoms with E-state index in [1.807, 2.05) is 6.07 Å². The lowest BCUT2D eigenvalue weighted by atomic mass is 9.66. The molecule has 2 aliphatic heterocycles. The lowest BCUT2D eigenvalue weighted by Crippen LogP contribution is -2.51. The number of aromatic nitrogens is 1. The number of carbonyl (C=O) groups is 2. The average molecular weight is 499 g/mol. The van der Waals surface area contributed by atoms with Crippen LogP contribution in [0.2, 0.25) is 0 Å². The van der Waals surface area contributed by atoms with E-state index in [0.717, 1.165) is 83.9 Å². The number of benzene rings is 1. The van der Waals surface area contributed by atoms with Crippen LogP contribution in [0.1, 0.15) is 55.8 Å². The van der Waals surface area contributed by atoms with Crippen molar-refractivity contribution in [1.29, 1.82) is 0 Å². The van der Waals surface area contributed by atoms with E-state index in [1.165, 1.54) is 17.3 Å². The Morgan fingerprint density at radius 2 is 1.75 bits per heavy atom. The van der Waals surface area contributed by atoms with Crippen LogP contribution in [0.3, 0.4) is 0 Å². The van der Waals surface area contributed by atoms with Gasteiger partial charge in [-0.05, 0) is 74.8 Å². The van der Waals surface area contributed by atoms with Crippen molar-refractivity contribution in [3.63, 3.8) is 0 Å². The van der Waals surface area contributed by atoms with E-state index >= 15 is 0 Å². The molecule has 194 valence electrons. The van der Waals surface area contributed by atoms with E-state index in [1.54, 1.807) is 6.07 Å². The van der Waals surface area contributed by atoms with E-state index in [9.17, 15) is 14.0 Å². The number of hydrogen-bond donors (Lipinski definition) is 2. The summed E-state index contributed by atoms with van der Waals surface area (Å²) in [6.07, 6.45) is 8.29. The number of nitrogens with one attached hydrogen (secondary N) is 1. The zero-order valence-corrected chi connectivity index (χ0v) is 20.8. The van der Waals surface area contributed by atoms with Gasteiger partial charge in [-0.3, -0.25) is 9.78 Å². The molecular weight excluding hydrogens is 463 g/mol. The molecule has 5 rings (SSSR count). The Morgan fingerprint density at radius 1 is 1.08 bits per heavy atom. The number of ketones is 1. The monoisotopic (exact) mass is 498 g/mol. The number of carboxylic acids is 1. The minimum atomic E-state index is -1.38. The first kappa shape index (κ1) is 26.4. The Bertz CT molecular complexity index is 1010. The molecule has 1 aromatic carbocycles.